The van der Waals surface area contributed by atoms with Crippen LogP contribution in [0.15, 0.2) is 194 Å². The maximum atomic E-state index is 2.58. The van der Waals surface area contributed by atoms with Crippen LogP contribution < -0.4 is 4.90 Å². The molecular weight excluding hydrogens is 721 g/mol. The van der Waals surface area contributed by atoms with E-state index in [9.17, 15) is 0 Å². The fourth-order valence-electron chi connectivity index (χ4n) is 11.2. The van der Waals surface area contributed by atoms with Crippen LogP contribution in [0.25, 0.3) is 80.5 Å². The van der Waals surface area contributed by atoms with Gasteiger partial charge in [0.15, 0.2) is 0 Å². The van der Waals surface area contributed by atoms with Gasteiger partial charge in [-0.15, -0.1) is 11.3 Å². The Morgan fingerprint density at radius 2 is 1.03 bits per heavy atom. The van der Waals surface area contributed by atoms with Crippen LogP contribution in [-0.2, 0) is 5.41 Å². The number of thiophene rings is 1. The molecule has 14 rings (SSSR count). The molecule has 3 aromatic heterocycles. The molecule has 0 bridgehead atoms. The number of anilines is 3. The molecule has 2 aliphatic carbocycles. The Morgan fingerprint density at radius 1 is 0.397 bits per heavy atom. The van der Waals surface area contributed by atoms with Crippen LogP contribution in [0.4, 0.5) is 17.1 Å². The van der Waals surface area contributed by atoms with E-state index < -0.39 is 5.41 Å². The van der Waals surface area contributed by atoms with Crippen molar-refractivity contribution >= 4 is 86.7 Å². The fourth-order valence-corrected chi connectivity index (χ4v) is 12.4. The maximum absolute atomic E-state index is 2.58. The SMILES string of the molecule is c1ccc(N(c2ccc3c(c2)C2(c4ccccc4-c4ccccc42)c2ccc4c5cccc6c7ccccc7n(c4c2-3)c65)c2cccc3c2sc2ccccc23)cc1. The van der Waals surface area contributed by atoms with Crippen LogP contribution in [-0.4, -0.2) is 4.40 Å². The Labute approximate surface area is 338 Å². The third kappa shape index (κ3) is 3.65. The monoisotopic (exact) mass is 752 g/mol. The molecule has 0 saturated heterocycles. The summed E-state index contributed by atoms with van der Waals surface area (Å²) in [4.78, 5) is 2.49. The molecule has 0 unspecified atom stereocenters. The molecule has 0 saturated carbocycles. The molecule has 1 spiro atoms. The van der Waals surface area contributed by atoms with E-state index in [1.54, 1.807) is 0 Å². The van der Waals surface area contributed by atoms with Crippen molar-refractivity contribution in [3.05, 3.63) is 216 Å². The van der Waals surface area contributed by atoms with E-state index in [-0.39, 0.29) is 0 Å². The quantitative estimate of drug-likeness (QED) is 0.174. The summed E-state index contributed by atoms with van der Waals surface area (Å²) in [6.07, 6.45) is 0. The van der Waals surface area contributed by atoms with Gasteiger partial charge in [0.05, 0.1) is 32.4 Å². The molecule has 2 aliphatic rings. The molecule has 0 fully saturated rings. The van der Waals surface area contributed by atoms with Crippen molar-refractivity contribution in [1.29, 1.82) is 0 Å². The second-order valence-corrected chi connectivity index (χ2v) is 17.0. The Balaban J connectivity index is 1.14. The Bertz CT molecular complexity index is 3650. The van der Waals surface area contributed by atoms with Crippen LogP contribution >= 0.6 is 11.3 Å². The fraction of sp³-hybridized carbons (Fsp3) is 0.0182. The molecule has 0 amide bonds. The van der Waals surface area contributed by atoms with Crippen LogP contribution in [0.5, 0.6) is 0 Å². The summed E-state index contributed by atoms with van der Waals surface area (Å²) in [6, 6.07) is 72.9. The predicted molar refractivity (Wildman–Crippen MR) is 245 cm³/mol. The highest BCUT2D eigenvalue weighted by molar-refractivity contribution is 7.26. The minimum absolute atomic E-state index is 0.508. The number of nitrogens with zero attached hydrogens (tertiary/aromatic N) is 2. The zero-order chi connectivity index (χ0) is 37.7. The van der Waals surface area contributed by atoms with Crippen molar-refractivity contribution in [2.75, 3.05) is 4.90 Å². The predicted octanol–water partition coefficient (Wildman–Crippen LogP) is 15.0. The Kier molecular flexibility index (Phi) is 5.87. The summed E-state index contributed by atoms with van der Waals surface area (Å²) in [7, 11) is 0. The Hall–Kier alpha value is -7.20. The van der Waals surface area contributed by atoms with Crippen LogP contribution in [0, 0.1) is 0 Å². The molecule has 0 N–H and O–H groups in total. The summed E-state index contributed by atoms with van der Waals surface area (Å²) in [5.41, 5.74) is 17.5. The minimum Gasteiger partial charge on any atom is -0.309 e. The van der Waals surface area contributed by atoms with Gasteiger partial charge in [-0.25, -0.2) is 0 Å². The normalized spacial score (nSPS) is 13.7. The first-order chi connectivity index (χ1) is 28.8. The van der Waals surface area contributed by atoms with Gasteiger partial charge in [-0.3, -0.25) is 0 Å². The van der Waals surface area contributed by atoms with Gasteiger partial charge >= 0.3 is 0 Å². The molecule has 0 aliphatic heterocycles. The largest absolute Gasteiger partial charge is 0.309 e. The first-order valence-corrected chi connectivity index (χ1v) is 20.9. The van der Waals surface area contributed by atoms with E-state index in [0.29, 0.717) is 0 Å². The van der Waals surface area contributed by atoms with Gasteiger partial charge in [0, 0.05) is 54.0 Å². The first-order valence-electron chi connectivity index (χ1n) is 20.1. The number of hydrogen-bond acceptors (Lipinski definition) is 2. The van der Waals surface area contributed by atoms with E-state index in [4.69, 9.17) is 0 Å². The third-order valence-corrected chi connectivity index (χ3v) is 14.5. The molecule has 3 heteroatoms. The van der Waals surface area contributed by atoms with E-state index in [1.807, 2.05) is 11.3 Å². The van der Waals surface area contributed by atoms with Gasteiger partial charge in [-0.2, -0.15) is 0 Å². The molecule has 0 atom stereocenters. The highest BCUT2D eigenvalue weighted by Crippen LogP contribution is 2.65. The van der Waals surface area contributed by atoms with E-state index in [1.165, 1.54) is 108 Å². The lowest BCUT2D eigenvalue weighted by atomic mass is 9.70. The molecule has 2 nitrogen and oxygen atoms in total. The highest BCUT2D eigenvalue weighted by atomic mass is 32.1. The summed E-state index contributed by atoms with van der Waals surface area (Å²) < 4.78 is 5.18. The van der Waals surface area contributed by atoms with Crippen molar-refractivity contribution in [3.8, 4) is 22.3 Å². The van der Waals surface area contributed by atoms with Crippen LogP contribution in [0.1, 0.15) is 22.3 Å². The van der Waals surface area contributed by atoms with E-state index >= 15 is 0 Å². The van der Waals surface area contributed by atoms with Crippen molar-refractivity contribution in [1.82, 2.24) is 4.40 Å². The zero-order valence-electron chi connectivity index (χ0n) is 31.3. The number of aromatic nitrogens is 1. The Morgan fingerprint density at radius 3 is 1.86 bits per heavy atom. The second-order valence-electron chi connectivity index (χ2n) is 15.9. The summed E-state index contributed by atoms with van der Waals surface area (Å²) >= 11 is 1.88. The third-order valence-electron chi connectivity index (χ3n) is 13.3. The number of fused-ring (bicyclic) bond motifs is 20. The lowest BCUT2D eigenvalue weighted by Gasteiger charge is -2.32. The molecule has 0 radical (unpaired) electrons. The van der Waals surface area contributed by atoms with Gasteiger partial charge < -0.3 is 9.30 Å². The van der Waals surface area contributed by atoms with Gasteiger partial charge in [0.1, 0.15) is 0 Å². The first kappa shape index (κ1) is 31.0. The van der Waals surface area contributed by atoms with E-state index in [0.717, 1.165) is 11.4 Å². The van der Waals surface area contributed by atoms with Gasteiger partial charge in [0.2, 0.25) is 0 Å². The number of rotatable bonds is 3. The average Bonchev–Trinajstić information content (AvgIpc) is 4.07. The topological polar surface area (TPSA) is 7.65 Å². The lowest BCUT2D eigenvalue weighted by molar-refractivity contribution is 0.794. The lowest BCUT2D eigenvalue weighted by Crippen LogP contribution is -2.26. The molecule has 9 aromatic carbocycles. The van der Waals surface area contributed by atoms with Crippen LogP contribution in [0.2, 0.25) is 0 Å². The van der Waals surface area contributed by atoms with Gasteiger partial charge in [-0.05, 0) is 81.4 Å². The number of benzene rings is 9. The van der Waals surface area contributed by atoms with Crippen molar-refractivity contribution in [2.24, 2.45) is 0 Å². The highest BCUT2D eigenvalue weighted by Gasteiger charge is 2.52. The standard InChI is InChI=1S/C55H32N2S/c1-2-14-33(15-3-1)56(49-26-13-22-42-38-19-7-11-27-50(38)58-54(42)49)34-28-29-43-47(32-34)55(44-23-8-4-16-35(44)36-17-5-9-24-45(36)55)46-31-30-41-40-21-12-20-39-37-18-6-10-25-48(37)57(52(39)40)53(41)51(43)46/h1-32H. The minimum atomic E-state index is -0.508. The maximum Gasteiger partial charge on any atom is 0.0727 e. The smallest absolute Gasteiger partial charge is 0.0727 e. The van der Waals surface area contributed by atoms with Crippen molar-refractivity contribution in [2.45, 2.75) is 5.41 Å². The average molecular weight is 753 g/mol. The summed E-state index contributed by atoms with van der Waals surface area (Å²) in [5, 5.41) is 7.83. The van der Waals surface area contributed by atoms with Gasteiger partial charge in [-0.1, -0.05) is 152 Å². The molecule has 12 aromatic rings. The molecular formula is C55H32N2S. The van der Waals surface area contributed by atoms with Crippen LogP contribution in [0.3, 0.4) is 0 Å². The zero-order valence-corrected chi connectivity index (χ0v) is 32.1. The molecule has 268 valence electrons. The second kappa shape index (κ2) is 11.0. The number of para-hydroxylation sites is 3. The summed E-state index contributed by atoms with van der Waals surface area (Å²) in [6.45, 7) is 0. The van der Waals surface area contributed by atoms with Crippen molar-refractivity contribution in [3.63, 3.8) is 0 Å². The summed E-state index contributed by atoms with van der Waals surface area (Å²) in [5.74, 6) is 0. The molecule has 58 heavy (non-hydrogen) atoms. The van der Waals surface area contributed by atoms with Crippen molar-refractivity contribution < 1.29 is 0 Å². The number of hydrogen-bond donors (Lipinski definition) is 0. The van der Waals surface area contributed by atoms with E-state index in [2.05, 4.69) is 203 Å². The van der Waals surface area contributed by atoms with Gasteiger partial charge in [0.25, 0.3) is 0 Å². The molecule has 3 heterocycles.